The second kappa shape index (κ2) is 10.6. The molecule has 0 saturated heterocycles. The van der Waals surface area contributed by atoms with Gasteiger partial charge < -0.3 is 5.73 Å². The van der Waals surface area contributed by atoms with Gasteiger partial charge in [0.15, 0.2) is 0 Å². The molecule has 0 unspecified atom stereocenters. The molecule has 0 bridgehead atoms. The van der Waals surface area contributed by atoms with E-state index in [4.69, 9.17) is 5.73 Å². The maximum atomic E-state index is 5.27. The summed E-state index contributed by atoms with van der Waals surface area (Å²) < 4.78 is 0. The van der Waals surface area contributed by atoms with Crippen molar-refractivity contribution in [2.75, 3.05) is 6.54 Å². The Kier molecular flexibility index (Phi) is 15.3. The van der Waals surface area contributed by atoms with Crippen LogP contribution in [0.15, 0.2) is 0 Å². The summed E-state index contributed by atoms with van der Waals surface area (Å²) >= 11 is 0. The monoisotopic (exact) mass is 298 g/mol. The molecule has 0 aromatic heterocycles. The summed E-state index contributed by atoms with van der Waals surface area (Å²) in [6.07, 6.45) is 5.16. The maximum Gasteiger partial charge on any atom is 0 e. The minimum Gasteiger partial charge on any atom is -0.330 e. The molecule has 0 aliphatic rings. The van der Waals surface area contributed by atoms with Gasteiger partial charge in [0.05, 0.1) is 0 Å². The van der Waals surface area contributed by atoms with E-state index >= 15 is 0 Å². The number of hydrogen-bond acceptors (Lipinski definition) is 1. The summed E-state index contributed by atoms with van der Waals surface area (Å²) in [4.78, 5) is 0. The summed E-state index contributed by atoms with van der Waals surface area (Å²) in [5, 5.41) is 0. The van der Waals surface area contributed by atoms with E-state index in [9.17, 15) is 0 Å². The van der Waals surface area contributed by atoms with Gasteiger partial charge in [-0.2, -0.15) is 0 Å². The zero-order valence-electron chi connectivity index (χ0n) is 5.41. The van der Waals surface area contributed by atoms with Crippen molar-refractivity contribution in [3.8, 4) is 0 Å². The number of rotatable bonds is 4. The van der Waals surface area contributed by atoms with Crippen LogP contribution in [0.3, 0.4) is 0 Å². The minimum absolute atomic E-state index is 0. The normalized spacial score (nSPS) is 8.25. The molecule has 0 atom stereocenters. The van der Waals surface area contributed by atoms with E-state index < -0.39 is 0 Å². The quantitative estimate of drug-likeness (QED) is 0.618. The third-order valence-electron chi connectivity index (χ3n) is 1.06. The first kappa shape index (κ1) is 11.5. The van der Waals surface area contributed by atoms with Gasteiger partial charge >= 0.3 is 0 Å². The van der Waals surface area contributed by atoms with Crippen LogP contribution in [0.1, 0.15) is 32.6 Å². The first-order valence-electron chi connectivity index (χ1n) is 3.12. The van der Waals surface area contributed by atoms with Crippen molar-refractivity contribution < 1.29 is 22.4 Å². The van der Waals surface area contributed by atoms with Gasteiger partial charge in [-0.1, -0.05) is 26.2 Å². The third-order valence-corrected chi connectivity index (χ3v) is 1.06. The largest absolute Gasteiger partial charge is 0.330 e. The molecule has 8 heavy (non-hydrogen) atoms. The summed E-state index contributed by atoms with van der Waals surface area (Å²) in [5.41, 5.74) is 5.27. The predicted molar refractivity (Wildman–Crippen MR) is 33.2 cm³/mol. The molecule has 0 aliphatic carbocycles. The summed E-state index contributed by atoms with van der Waals surface area (Å²) in [7, 11) is 0. The number of nitrogens with two attached hydrogens (primary N) is 1. The third kappa shape index (κ3) is 9.85. The molecule has 0 amide bonds. The number of unbranched alkanes of at least 4 members (excludes halogenated alkanes) is 3. The first-order valence-corrected chi connectivity index (χ1v) is 3.12. The van der Waals surface area contributed by atoms with E-state index in [2.05, 4.69) is 6.92 Å². The van der Waals surface area contributed by atoms with Crippen LogP contribution in [0.25, 0.3) is 0 Å². The molecule has 0 aromatic rings. The van der Waals surface area contributed by atoms with Gasteiger partial charge in [-0.3, -0.25) is 0 Å². The van der Waals surface area contributed by atoms with Crippen LogP contribution in [0, 0.1) is 0 Å². The van der Waals surface area contributed by atoms with Crippen LogP contribution in [0.5, 0.6) is 0 Å². The van der Waals surface area contributed by atoms with Crippen LogP contribution < -0.4 is 5.73 Å². The fraction of sp³-hybridized carbons (Fsp3) is 1.00. The molecule has 2 heteroatoms. The average Bonchev–Trinajstić information content (AvgIpc) is 1.69. The summed E-state index contributed by atoms with van der Waals surface area (Å²) in [5.74, 6) is 0. The Bertz CT molecular complexity index is 27.7. The van der Waals surface area contributed by atoms with E-state index in [0.717, 1.165) is 6.54 Å². The Morgan fingerprint density at radius 2 is 1.75 bits per heavy atom. The van der Waals surface area contributed by atoms with E-state index in [0.29, 0.717) is 0 Å². The van der Waals surface area contributed by atoms with E-state index in [1.54, 1.807) is 0 Å². The van der Waals surface area contributed by atoms with Crippen molar-refractivity contribution in [2.45, 2.75) is 32.6 Å². The summed E-state index contributed by atoms with van der Waals surface area (Å²) in [6.45, 7) is 3.07. The number of hydrogen-bond donors (Lipinski definition) is 1. The minimum atomic E-state index is 0. The van der Waals surface area contributed by atoms with E-state index in [1.807, 2.05) is 0 Å². The molecule has 55 valence electrons. The second-order valence-electron chi connectivity index (χ2n) is 1.85. The van der Waals surface area contributed by atoms with Gasteiger partial charge in [0.25, 0.3) is 0 Å². The van der Waals surface area contributed by atoms with E-state index in [1.165, 1.54) is 25.7 Å². The topological polar surface area (TPSA) is 26.0 Å². The average molecular weight is 298 g/mol. The Hall–Kier alpha value is 0.700. The fourth-order valence-electron chi connectivity index (χ4n) is 0.571. The van der Waals surface area contributed by atoms with Gasteiger partial charge in [-0.15, -0.1) is 0 Å². The molecule has 0 fully saturated rings. The molecular formula is C6H15AuN. The Balaban J connectivity index is 0. The molecule has 0 rings (SSSR count). The van der Waals surface area contributed by atoms with Gasteiger partial charge in [0, 0.05) is 22.4 Å². The molecule has 0 saturated carbocycles. The van der Waals surface area contributed by atoms with Gasteiger partial charge in [0.1, 0.15) is 0 Å². The van der Waals surface area contributed by atoms with Crippen LogP contribution >= 0.6 is 0 Å². The van der Waals surface area contributed by atoms with Gasteiger partial charge in [0.2, 0.25) is 0 Å². The van der Waals surface area contributed by atoms with Crippen molar-refractivity contribution in [3.63, 3.8) is 0 Å². The van der Waals surface area contributed by atoms with Crippen LogP contribution in [-0.2, 0) is 22.4 Å². The Labute approximate surface area is 67.5 Å². The maximum absolute atomic E-state index is 5.27. The van der Waals surface area contributed by atoms with Crippen molar-refractivity contribution in [1.82, 2.24) is 0 Å². The zero-order chi connectivity index (χ0) is 5.54. The molecule has 0 spiro atoms. The van der Waals surface area contributed by atoms with Crippen molar-refractivity contribution in [2.24, 2.45) is 5.73 Å². The van der Waals surface area contributed by atoms with Crippen molar-refractivity contribution >= 4 is 0 Å². The fourth-order valence-corrected chi connectivity index (χ4v) is 0.571. The molecule has 0 aromatic carbocycles. The van der Waals surface area contributed by atoms with E-state index in [-0.39, 0.29) is 22.4 Å². The zero-order valence-corrected chi connectivity index (χ0v) is 7.58. The molecule has 1 nitrogen and oxygen atoms in total. The standard InChI is InChI=1S/C6H15N.Au/c1-2-3-4-5-6-7;/h2-7H2,1H3;. The molecule has 2 N–H and O–H groups in total. The summed E-state index contributed by atoms with van der Waals surface area (Å²) in [6, 6.07) is 0. The molecule has 0 heterocycles. The smallest absolute Gasteiger partial charge is 0 e. The Morgan fingerprint density at radius 3 is 2.12 bits per heavy atom. The van der Waals surface area contributed by atoms with Crippen LogP contribution in [0.4, 0.5) is 0 Å². The van der Waals surface area contributed by atoms with Gasteiger partial charge in [-0.05, 0) is 13.0 Å². The van der Waals surface area contributed by atoms with Crippen molar-refractivity contribution in [1.29, 1.82) is 0 Å². The molecular weight excluding hydrogens is 283 g/mol. The first-order chi connectivity index (χ1) is 3.41. The Morgan fingerprint density at radius 1 is 1.12 bits per heavy atom. The van der Waals surface area contributed by atoms with Crippen molar-refractivity contribution in [3.05, 3.63) is 0 Å². The van der Waals surface area contributed by atoms with Crippen LogP contribution in [-0.4, -0.2) is 6.54 Å². The molecule has 0 aliphatic heterocycles. The predicted octanol–water partition coefficient (Wildman–Crippen LogP) is 1.52. The SMILES string of the molecule is CCCCCCN.[Au]. The second-order valence-corrected chi connectivity index (χ2v) is 1.85. The molecule has 1 radical (unpaired) electrons. The van der Waals surface area contributed by atoms with Gasteiger partial charge in [-0.25, -0.2) is 0 Å². The van der Waals surface area contributed by atoms with Crippen LogP contribution in [0.2, 0.25) is 0 Å².